The first-order chi connectivity index (χ1) is 13.0. The van der Waals surface area contributed by atoms with Crippen molar-refractivity contribution in [1.82, 2.24) is 5.06 Å². The van der Waals surface area contributed by atoms with Crippen LogP contribution < -0.4 is 5.32 Å². The summed E-state index contributed by atoms with van der Waals surface area (Å²) in [6.07, 6.45) is 0.240. The number of aliphatic carboxylic acids is 1. The summed E-state index contributed by atoms with van der Waals surface area (Å²) in [6.45, 7) is 6.83. The van der Waals surface area contributed by atoms with E-state index in [2.05, 4.69) is 25.0 Å². The number of carbonyl (C=O) groups is 2. The molecule has 1 saturated heterocycles. The molecule has 10 heteroatoms. The molecule has 1 aliphatic rings. The van der Waals surface area contributed by atoms with Gasteiger partial charge in [0.1, 0.15) is 12.5 Å². The number of hydroxylamine groups is 2. The lowest BCUT2D eigenvalue weighted by atomic mass is 9.98. The van der Waals surface area contributed by atoms with Gasteiger partial charge in [-0.25, -0.2) is 9.18 Å². The highest BCUT2D eigenvalue weighted by atomic mass is 28.3. The fourth-order valence-corrected chi connectivity index (χ4v) is 3.41. The first-order valence-corrected chi connectivity index (χ1v) is 12.7. The lowest BCUT2D eigenvalue weighted by Gasteiger charge is -2.25. The van der Waals surface area contributed by atoms with Crippen molar-refractivity contribution in [2.75, 3.05) is 31.9 Å². The maximum absolute atomic E-state index is 14.4. The molecule has 3 N–H and O–H groups in total. The Kier molecular flexibility index (Phi) is 7.15. The Balaban J connectivity index is 1.99. The summed E-state index contributed by atoms with van der Waals surface area (Å²) in [7, 11) is -1.29. The van der Waals surface area contributed by atoms with Gasteiger partial charge in [-0.05, 0) is 24.2 Å². The standard InChI is InChI=1S/C18H27FN2O6Si/c1-28(2,3)9-8-27-12-21(25)16(22)14-5-4-13(10-15(14)19)20-18(17(23)24)6-7-26-11-18/h4-5,10,20,25H,6-9,11-12H2,1-3H3,(H,23,24)/t18-/m1/s1. The highest BCUT2D eigenvalue weighted by molar-refractivity contribution is 6.76. The van der Waals surface area contributed by atoms with Gasteiger partial charge in [0.2, 0.25) is 0 Å². The van der Waals surface area contributed by atoms with Gasteiger partial charge in [-0.2, -0.15) is 5.06 Å². The van der Waals surface area contributed by atoms with E-state index < -0.39 is 31.3 Å². The van der Waals surface area contributed by atoms with E-state index in [0.29, 0.717) is 11.7 Å². The molecule has 1 aromatic carbocycles. The Morgan fingerprint density at radius 1 is 1.39 bits per heavy atom. The van der Waals surface area contributed by atoms with Gasteiger partial charge in [-0.15, -0.1) is 0 Å². The lowest BCUT2D eigenvalue weighted by molar-refractivity contribution is -0.142. The molecule has 1 aliphatic heterocycles. The second-order valence-corrected chi connectivity index (χ2v) is 13.7. The van der Waals surface area contributed by atoms with Crippen molar-refractivity contribution in [3.8, 4) is 0 Å². The third-order valence-corrected chi connectivity index (χ3v) is 6.16. The van der Waals surface area contributed by atoms with Crippen LogP contribution in [-0.2, 0) is 14.3 Å². The van der Waals surface area contributed by atoms with Crippen molar-refractivity contribution < 1.29 is 33.8 Å². The van der Waals surface area contributed by atoms with E-state index in [9.17, 15) is 24.3 Å². The van der Waals surface area contributed by atoms with Crippen molar-refractivity contribution in [1.29, 1.82) is 0 Å². The number of hydrogen-bond donors (Lipinski definition) is 3. The number of nitrogens with zero attached hydrogens (tertiary/aromatic N) is 1. The fourth-order valence-electron chi connectivity index (χ4n) is 2.66. The average molecular weight is 415 g/mol. The summed E-state index contributed by atoms with van der Waals surface area (Å²) in [5.41, 5.74) is -1.46. The molecule has 0 bridgehead atoms. The Morgan fingerprint density at radius 3 is 2.64 bits per heavy atom. The summed E-state index contributed by atoms with van der Waals surface area (Å²) >= 11 is 0. The number of nitrogens with one attached hydrogen (secondary N) is 1. The largest absolute Gasteiger partial charge is 0.479 e. The van der Waals surface area contributed by atoms with Crippen LogP contribution in [0, 0.1) is 5.82 Å². The van der Waals surface area contributed by atoms with E-state index in [0.717, 1.165) is 12.1 Å². The Labute approximate surface area is 164 Å². The maximum atomic E-state index is 14.4. The highest BCUT2D eigenvalue weighted by Gasteiger charge is 2.42. The van der Waals surface area contributed by atoms with Crippen LogP contribution in [-0.4, -0.2) is 67.4 Å². The lowest BCUT2D eigenvalue weighted by Crippen LogP contribution is -2.47. The molecule has 0 saturated carbocycles. The number of anilines is 1. The number of carbonyl (C=O) groups excluding carboxylic acids is 1. The topological polar surface area (TPSA) is 108 Å². The van der Waals surface area contributed by atoms with E-state index in [1.807, 2.05) is 0 Å². The van der Waals surface area contributed by atoms with Crippen LogP contribution in [0.2, 0.25) is 25.7 Å². The molecule has 0 spiro atoms. The summed E-state index contributed by atoms with van der Waals surface area (Å²) in [6, 6.07) is 4.48. The average Bonchev–Trinajstić information content (AvgIpc) is 3.07. The maximum Gasteiger partial charge on any atom is 0.331 e. The minimum Gasteiger partial charge on any atom is -0.479 e. The number of hydrogen-bond acceptors (Lipinski definition) is 6. The van der Waals surface area contributed by atoms with Crippen molar-refractivity contribution in [2.45, 2.75) is 37.6 Å². The van der Waals surface area contributed by atoms with Crippen molar-refractivity contribution in [3.63, 3.8) is 0 Å². The minimum absolute atomic E-state index is 0.0379. The molecule has 0 aliphatic carbocycles. The first-order valence-electron chi connectivity index (χ1n) is 9.01. The zero-order chi connectivity index (χ0) is 20.9. The van der Waals surface area contributed by atoms with Gasteiger partial charge in [0.15, 0.2) is 5.54 Å². The molecule has 0 radical (unpaired) electrons. The predicted molar refractivity (Wildman–Crippen MR) is 103 cm³/mol. The second-order valence-electron chi connectivity index (χ2n) is 8.06. The number of rotatable bonds is 9. The smallest absolute Gasteiger partial charge is 0.331 e. The second kappa shape index (κ2) is 8.99. The number of benzene rings is 1. The number of halogens is 1. The monoisotopic (exact) mass is 414 g/mol. The Hall–Kier alpha value is -2.01. The third-order valence-electron chi connectivity index (χ3n) is 4.46. The van der Waals surface area contributed by atoms with E-state index in [4.69, 9.17) is 9.47 Å². The molecule has 1 amide bonds. The van der Waals surface area contributed by atoms with Crippen LogP contribution in [0.25, 0.3) is 0 Å². The fraction of sp³-hybridized carbons (Fsp3) is 0.556. The quantitative estimate of drug-likeness (QED) is 0.187. The third kappa shape index (κ3) is 5.74. The Bertz CT molecular complexity index is 719. The van der Waals surface area contributed by atoms with E-state index in [1.54, 1.807) is 0 Å². The highest BCUT2D eigenvalue weighted by Crippen LogP contribution is 2.26. The van der Waals surface area contributed by atoms with Crippen LogP contribution in [0.4, 0.5) is 10.1 Å². The molecule has 28 heavy (non-hydrogen) atoms. The van der Waals surface area contributed by atoms with Crippen LogP contribution in [0.15, 0.2) is 18.2 Å². The van der Waals surface area contributed by atoms with E-state index in [1.165, 1.54) is 12.1 Å². The molecular formula is C18H27FN2O6Si. The van der Waals surface area contributed by atoms with Gasteiger partial charge in [0.25, 0.3) is 5.91 Å². The number of carboxylic acids is 1. The van der Waals surface area contributed by atoms with Gasteiger partial charge in [0, 0.05) is 33.4 Å². The molecular weight excluding hydrogens is 387 g/mol. The summed E-state index contributed by atoms with van der Waals surface area (Å²) in [5.74, 6) is -2.91. The summed E-state index contributed by atoms with van der Waals surface area (Å²) in [5, 5.41) is 22.3. The molecule has 1 fully saturated rings. The van der Waals surface area contributed by atoms with Gasteiger partial charge >= 0.3 is 5.97 Å². The van der Waals surface area contributed by atoms with Crippen molar-refractivity contribution >= 4 is 25.6 Å². The number of carboxylic acid groups (broad SMARTS) is 1. The Morgan fingerprint density at radius 2 is 2.11 bits per heavy atom. The molecule has 0 aromatic heterocycles. The summed E-state index contributed by atoms with van der Waals surface area (Å²) < 4.78 is 24.8. The zero-order valence-electron chi connectivity index (χ0n) is 16.3. The van der Waals surface area contributed by atoms with Gasteiger partial charge < -0.3 is 19.9 Å². The molecule has 156 valence electrons. The molecule has 1 aromatic rings. The van der Waals surface area contributed by atoms with Crippen LogP contribution in [0.1, 0.15) is 16.8 Å². The SMILES string of the molecule is C[Si](C)(C)CCOCN(O)C(=O)c1ccc(N[C@]2(C(=O)O)CCOC2)cc1F. The minimum atomic E-state index is -1.33. The first kappa shape index (κ1) is 22.3. The molecule has 1 atom stereocenters. The summed E-state index contributed by atoms with van der Waals surface area (Å²) in [4.78, 5) is 23.7. The van der Waals surface area contributed by atoms with Gasteiger partial charge in [-0.1, -0.05) is 19.6 Å². The zero-order valence-corrected chi connectivity index (χ0v) is 17.3. The van der Waals surface area contributed by atoms with Gasteiger partial charge in [0.05, 0.1) is 12.2 Å². The normalized spacial score (nSPS) is 19.5. The molecule has 1 heterocycles. The van der Waals surface area contributed by atoms with Crippen molar-refractivity contribution in [2.24, 2.45) is 0 Å². The van der Waals surface area contributed by atoms with Crippen LogP contribution in [0.5, 0.6) is 0 Å². The van der Waals surface area contributed by atoms with Crippen LogP contribution >= 0.6 is 0 Å². The predicted octanol–water partition coefficient (Wildman–Crippen LogP) is 2.63. The number of amides is 1. The van der Waals surface area contributed by atoms with E-state index in [-0.39, 0.29) is 37.6 Å². The van der Waals surface area contributed by atoms with Gasteiger partial charge in [-0.3, -0.25) is 10.0 Å². The van der Waals surface area contributed by atoms with Crippen molar-refractivity contribution in [3.05, 3.63) is 29.6 Å². The number of ether oxygens (including phenoxy) is 2. The molecule has 8 nitrogen and oxygen atoms in total. The van der Waals surface area contributed by atoms with Crippen LogP contribution in [0.3, 0.4) is 0 Å². The van der Waals surface area contributed by atoms with E-state index >= 15 is 0 Å². The molecule has 2 rings (SSSR count). The molecule has 0 unspecified atom stereocenters.